The van der Waals surface area contributed by atoms with Gasteiger partial charge in [-0.05, 0) is 19.1 Å². The first-order valence-electron chi connectivity index (χ1n) is 6.89. The minimum Gasteiger partial charge on any atom is -0.368 e. The SMILES string of the molecule is Cc1ccc(SCCNC(=O)CSc2nc(N)nc(N)n2)cc1. The summed E-state index contributed by atoms with van der Waals surface area (Å²) < 4.78 is 0. The summed E-state index contributed by atoms with van der Waals surface area (Å²) in [6.45, 7) is 2.65. The van der Waals surface area contributed by atoms with Crippen LogP contribution >= 0.6 is 23.5 Å². The van der Waals surface area contributed by atoms with Crippen molar-refractivity contribution in [3.63, 3.8) is 0 Å². The van der Waals surface area contributed by atoms with Gasteiger partial charge in [0.25, 0.3) is 0 Å². The molecule has 0 aliphatic heterocycles. The Labute approximate surface area is 143 Å². The van der Waals surface area contributed by atoms with Crippen molar-refractivity contribution in [2.45, 2.75) is 17.0 Å². The Morgan fingerprint density at radius 2 is 1.74 bits per heavy atom. The second kappa shape index (κ2) is 8.59. The molecule has 0 fully saturated rings. The molecule has 0 saturated carbocycles. The van der Waals surface area contributed by atoms with E-state index in [2.05, 4.69) is 51.5 Å². The summed E-state index contributed by atoms with van der Waals surface area (Å²) in [7, 11) is 0. The number of rotatable bonds is 7. The van der Waals surface area contributed by atoms with E-state index >= 15 is 0 Å². The highest BCUT2D eigenvalue weighted by Gasteiger charge is 2.07. The second-order valence-electron chi connectivity index (χ2n) is 4.63. The number of anilines is 2. The van der Waals surface area contributed by atoms with Gasteiger partial charge in [-0.1, -0.05) is 29.5 Å². The van der Waals surface area contributed by atoms with Crippen molar-refractivity contribution in [2.24, 2.45) is 0 Å². The van der Waals surface area contributed by atoms with Crippen LogP contribution in [0, 0.1) is 6.92 Å². The van der Waals surface area contributed by atoms with Crippen molar-refractivity contribution in [2.75, 3.05) is 29.5 Å². The van der Waals surface area contributed by atoms with Gasteiger partial charge in [0.15, 0.2) is 5.16 Å². The number of hydrogen-bond acceptors (Lipinski definition) is 8. The van der Waals surface area contributed by atoms with Crippen molar-refractivity contribution in [1.29, 1.82) is 0 Å². The van der Waals surface area contributed by atoms with Crippen molar-refractivity contribution in [3.8, 4) is 0 Å². The lowest BCUT2D eigenvalue weighted by molar-refractivity contribution is -0.118. The van der Waals surface area contributed by atoms with Gasteiger partial charge in [-0.2, -0.15) is 15.0 Å². The van der Waals surface area contributed by atoms with E-state index in [-0.39, 0.29) is 23.6 Å². The predicted molar refractivity (Wildman–Crippen MR) is 94.3 cm³/mol. The molecule has 1 amide bonds. The normalized spacial score (nSPS) is 10.5. The number of carbonyl (C=O) groups excluding carboxylic acids is 1. The lowest BCUT2D eigenvalue weighted by Crippen LogP contribution is -2.27. The van der Waals surface area contributed by atoms with E-state index in [1.165, 1.54) is 22.2 Å². The highest BCUT2D eigenvalue weighted by Crippen LogP contribution is 2.17. The number of nitrogens with two attached hydrogens (primary N) is 2. The Morgan fingerprint density at radius 1 is 1.09 bits per heavy atom. The molecule has 23 heavy (non-hydrogen) atoms. The number of nitrogens with zero attached hydrogens (tertiary/aromatic N) is 3. The highest BCUT2D eigenvalue weighted by molar-refractivity contribution is 7.99. The van der Waals surface area contributed by atoms with Gasteiger partial charge < -0.3 is 16.8 Å². The van der Waals surface area contributed by atoms with Gasteiger partial charge in [0, 0.05) is 17.2 Å². The average Bonchev–Trinajstić information content (AvgIpc) is 2.50. The third-order valence-electron chi connectivity index (χ3n) is 2.70. The average molecular weight is 350 g/mol. The third kappa shape index (κ3) is 6.33. The number of hydrogen-bond donors (Lipinski definition) is 3. The first-order valence-corrected chi connectivity index (χ1v) is 8.86. The number of thioether (sulfide) groups is 2. The summed E-state index contributed by atoms with van der Waals surface area (Å²) in [5.41, 5.74) is 12.2. The van der Waals surface area contributed by atoms with E-state index in [0.29, 0.717) is 11.7 Å². The number of amides is 1. The molecule has 9 heteroatoms. The Balaban J connectivity index is 1.66. The van der Waals surface area contributed by atoms with Crippen LogP contribution in [0.2, 0.25) is 0 Å². The molecule has 0 atom stereocenters. The second-order valence-corrected chi connectivity index (χ2v) is 6.75. The van der Waals surface area contributed by atoms with Gasteiger partial charge in [-0.25, -0.2) is 0 Å². The summed E-state index contributed by atoms with van der Waals surface area (Å²) >= 11 is 2.87. The van der Waals surface area contributed by atoms with Crippen LogP contribution < -0.4 is 16.8 Å². The van der Waals surface area contributed by atoms with E-state index < -0.39 is 0 Å². The zero-order chi connectivity index (χ0) is 16.7. The Morgan fingerprint density at radius 3 is 2.39 bits per heavy atom. The molecule has 0 bridgehead atoms. The van der Waals surface area contributed by atoms with Gasteiger partial charge in [0.1, 0.15) is 0 Å². The Hall–Kier alpha value is -2.00. The fraction of sp³-hybridized carbons (Fsp3) is 0.286. The van der Waals surface area contributed by atoms with Crippen molar-refractivity contribution in [1.82, 2.24) is 20.3 Å². The summed E-state index contributed by atoms with van der Waals surface area (Å²) in [4.78, 5) is 24.4. The molecule has 1 aromatic heterocycles. The zero-order valence-electron chi connectivity index (χ0n) is 12.7. The number of nitrogens with one attached hydrogen (secondary N) is 1. The van der Waals surface area contributed by atoms with Crippen molar-refractivity contribution >= 4 is 41.3 Å². The maximum atomic E-state index is 11.8. The van der Waals surface area contributed by atoms with Crippen molar-refractivity contribution in [3.05, 3.63) is 29.8 Å². The van der Waals surface area contributed by atoms with Crippen LogP contribution in [-0.4, -0.2) is 38.9 Å². The lowest BCUT2D eigenvalue weighted by atomic mass is 10.2. The van der Waals surface area contributed by atoms with Gasteiger partial charge in [0.2, 0.25) is 17.8 Å². The molecule has 0 aliphatic rings. The fourth-order valence-corrected chi connectivity index (χ4v) is 3.07. The van der Waals surface area contributed by atoms with Crippen LogP contribution in [0.3, 0.4) is 0 Å². The topological polar surface area (TPSA) is 120 Å². The number of benzene rings is 1. The molecular formula is C14H18N6OS2. The molecule has 1 aromatic carbocycles. The zero-order valence-corrected chi connectivity index (χ0v) is 14.3. The van der Waals surface area contributed by atoms with Crippen LogP contribution in [0.4, 0.5) is 11.9 Å². The third-order valence-corrected chi connectivity index (χ3v) is 4.56. The highest BCUT2D eigenvalue weighted by atomic mass is 32.2. The van der Waals surface area contributed by atoms with Gasteiger partial charge >= 0.3 is 0 Å². The monoisotopic (exact) mass is 350 g/mol. The number of aromatic nitrogens is 3. The molecule has 0 unspecified atom stereocenters. The molecule has 0 radical (unpaired) electrons. The molecule has 5 N–H and O–H groups in total. The van der Waals surface area contributed by atoms with E-state index in [9.17, 15) is 4.79 Å². The van der Waals surface area contributed by atoms with Gasteiger partial charge in [0.05, 0.1) is 5.75 Å². The molecule has 1 heterocycles. The largest absolute Gasteiger partial charge is 0.368 e. The number of carbonyl (C=O) groups is 1. The maximum Gasteiger partial charge on any atom is 0.230 e. The summed E-state index contributed by atoms with van der Waals surface area (Å²) in [5.74, 6) is 1.03. The number of aryl methyl sites for hydroxylation is 1. The maximum absolute atomic E-state index is 11.8. The molecule has 7 nitrogen and oxygen atoms in total. The smallest absolute Gasteiger partial charge is 0.230 e. The van der Waals surface area contributed by atoms with Crippen LogP contribution in [0.5, 0.6) is 0 Å². The summed E-state index contributed by atoms with van der Waals surface area (Å²) in [5, 5.41) is 3.20. The number of nitrogen functional groups attached to an aromatic ring is 2. The summed E-state index contributed by atoms with van der Waals surface area (Å²) in [6.07, 6.45) is 0. The van der Waals surface area contributed by atoms with Crippen molar-refractivity contribution < 1.29 is 4.79 Å². The summed E-state index contributed by atoms with van der Waals surface area (Å²) in [6, 6.07) is 8.30. The minimum absolute atomic E-state index is 0.0508. The minimum atomic E-state index is -0.0861. The lowest BCUT2D eigenvalue weighted by Gasteiger charge is -2.05. The molecule has 2 aromatic rings. The first kappa shape index (κ1) is 17.4. The fourth-order valence-electron chi connectivity index (χ4n) is 1.63. The van der Waals surface area contributed by atoms with E-state index in [0.717, 1.165) is 5.75 Å². The van der Waals surface area contributed by atoms with Gasteiger partial charge in [-0.15, -0.1) is 11.8 Å². The van der Waals surface area contributed by atoms with Gasteiger partial charge in [-0.3, -0.25) is 4.79 Å². The van der Waals surface area contributed by atoms with E-state index in [1.807, 2.05) is 0 Å². The molecule has 0 saturated heterocycles. The first-order chi connectivity index (χ1) is 11.0. The van der Waals surface area contributed by atoms with Crippen LogP contribution in [0.15, 0.2) is 34.3 Å². The molecule has 2 rings (SSSR count). The van der Waals surface area contributed by atoms with Crippen LogP contribution in [0.25, 0.3) is 0 Å². The van der Waals surface area contributed by atoms with Crippen LogP contribution in [0.1, 0.15) is 5.56 Å². The predicted octanol–water partition coefficient (Wildman–Crippen LogP) is 1.35. The molecular weight excluding hydrogens is 332 g/mol. The molecule has 0 aliphatic carbocycles. The standard InChI is InChI=1S/C14H18N6OS2/c1-9-2-4-10(5-3-9)22-7-6-17-11(21)8-23-14-19-12(15)18-13(16)20-14/h2-5H,6-8H2,1H3,(H,17,21)(H4,15,16,18,19,20). The molecule has 0 spiro atoms. The molecule has 122 valence electrons. The van der Waals surface area contributed by atoms with E-state index in [4.69, 9.17) is 11.5 Å². The Kier molecular flexibility index (Phi) is 6.48. The Bertz CT molecular complexity index is 645. The van der Waals surface area contributed by atoms with Crippen LogP contribution in [-0.2, 0) is 4.79 Å². The van der Waals surface area contributed by atoms with E-state index in [1.54, 1.807) is 11.8 Å². The quantitative estimate of drug-likeness (QED) is 0.505.